The van der Waals surface area contributed by atoms with Gasteiger partial charge in [-0.25, -0.2) is 4.98 Å². The maximum Gasteiger partial charge on any atom is 0.230 e. The van der Waals surface area contributed by atoms with Crippen molar-refractivity contribution in [2.45, 2.75) is 64.2 Å². The molecule has 1 heterocycles. The molecule has 0 aliphatic heterocycles. The maximum absolute atomic E-state index is 12.5. The molecule has 3 rings (SSSR count). The van der Waals surface area contributed by atoms with Crippen LogP contribution in [0.1, 0.15) is 46.5 Å². The Labute approximate surface area is 177 Å². The van der Waals surface area contributed by atoms with Crippen molar-refractivity contribution in [1.29, 1.82) is 0 Å². The van der Waals surface area contributed by atoms with Gasteiger partial charge < -0.3 is 9.88 Å². The fraction of sp³-hybridized carbons (Fsp3) is 0.545. The van der Waals surface area contributed by atoms with Crippen molar-refractivity contribution in [2.75, 3.05) is 5.75 Å². The van der Waals surface area contributed by atoms with Gasteiger partial charge in [-0.15, -0.1) is 0 Å². The van der Waals surface area contributed by atoms with Gasteiger partial charge >= 0.3 is 0 Å². The number of halogens is 1. The van der Waals surface area contributed by atoms with Crippen LogP contribution in [0.15, 0.2) is 35.6 Å². The lowest BCUT2D eigenvalue weighted by Crippen LogP contribution is -2.41. The van der Waals surface area contributed by atoms with Crippen LogP contribution in [0.4, 0.5) is 0 Å². The average molecular weight is 420 g/mol. The molecule has 1 aromatic heterocycles. The zero-order valence-corrected chi connectivity index (χ0v) is 18.5. The molecule has 28 heavy (non-hydrogen) atoms. The predicted molar refractivity (Wildman–Crippen MR) is 118 cm³/mol. The Bertz CT molecular complexity index is 788. The van der Waals surface area contributed by atoms with E-state index < -0.39 is 0 Å². The number of benzene rings is 1. The first-order valence-electron chi connectivity index (χ1n) is 10.2. The van der Waals surface area contributed by atoms with Crippen molar-refractivity contribution >= 4 is 29.3 Å². The first kappa shape index (κ1) is 21.3. The Hall–Kier alpha value is -1.46. The molecule has 1 saturated carbocycles. The van der Waals surface area contributed by atoms with Crippen LogP contribution in [0, 0.1) is 11.8 Å². The second-order valence-electron chi connectivity index (χ2n) is 8.16. The van der Waals surface area contributed by atoms with Gasteiger partial charge in [-0.2, -0.15) is 0 Å². The van der Waals surface area contributed by atoms with Crippen molar-refractivity contribution in [3.05, 3.63) is 35.5 Å². The number of nitrogens with one attached hydrogen (secondary N) is 1. The average Bonchev–Trinajstić information content (AvgIpc) is 3.04. The van der Waals surface area contributed by atoms with Crippen molar-refractivity contribution in [3.8, 4) is 11.3 Å². The van der Waals surface area contributed by atoms with Gasteiger partial charge in [0, 0.05) is 17.6 Å². The van der Waals surface area contributed by atoms with E-state index in [4.69, 9.17) is 11.6 Å². The molecule has 152 valence electrons. The largest absolute Gasteiger partial charge is 0.352 e. The normalized spacial score (nSPS) is 19.8. The molecule has 0 spiro atoms. The van der Waals surface area contributed by atoms with E-state index in [-0.39, 0.29) is 5.91 Å². The lowest BCUT2D eigenvalue weighted by atomic mass is 9.86. The van der Waals surface area contributed by atoms with E-state index in [0.717, 1.165) is 34.4 Å². The van der Waals surface area contributed by atoms with Crippen LogP contribution in [-0.4, -0.2) is 27.3 Å². The van der Waals surface area contributed by atoms with E-state index in [2.05, 4.69) is 35.6 Å². The zero-order chi connectivity index (χ0) is 20.1. The number of thioether (sulfide) groups is 1. The summed E-state index contributed by atoms with van der Waals surface area (Å²) >= 11 is 7.55. The number of imidazole rings is 1. The third kappa shape index (κ3) is 5.54. The molecule has 1 aliphatic carbocycles. The Balaban J connectivity index is 1.69. The summed E-state index contributed by atoms with van der Waals surface area (Å²) < 4.78 is 2.22. The molecule has 1 amide bonds. The fourth-order valence-corrected chi connectivity index (χ4v) is 4.70. The standard InChI is InChI=1S/C22H30ClN3OS/c1-15(2)13-26-20(17-8-10-18(23)11-9-17)12-24-22(26)28-14-21(27)25-19-7-5-4-6-16(19)3/h8-12,15-16,19H,4-7,13-14H2,1-3H3,(H,25,27)/t16-,19+/m1/s1. The Morgan fingerprint density at radius 1 is 1.29 bits per heavy atom. The number of rotatable bonds is 7. The molecule has 2 atom stereocenters. The van der Waals surface area contributed by atoms with Gasteiger partial charge in [0.2, 0.25) is 5.91 Å². The van der Waals surface area contributed by atoms with Gasteiger partial charge in [-0.3, -0.25) is 4.79 Å². The van der Waals surface area contributed by atoms with Crippen molar-refractivity contribution in [2.24, 2.45) is 11.8 Å². The Kier molecular flexibility index (Phi) is 7.47. The highest BCUT2D eigenvalue weighted by atomic mass is 35.5. The van der Waals surface area contributed by atoms with Crippen molar-refractivity contribution < 1.29 is 4.79 Å². The van der Waals surface area contributed by atoms with Crippen LogP contribution in [0.2, 0.25) is 5.02 Å². The van der Waals surface area contributed by atoms with Gasteiger partial charge in [0.15, 0.2) is 5.16 Å². The number of aromatic nitrogens is 2. The highest BCUT2D eigenvalue weighted by Gasteiger charge is 2.23. The predicted octanol–water partition coefficient (Wildman–Crippen LogP) is 5.65. The van der Waals surface area contributed by atoms with E-state index in [1.165, 1.54) is 31.0 Å². The van der Waals surface area contributed by atoms with E-state index in [1.54, 1.807) is 0 Å². The second kappa shape index (κ2) is 9.84. The summed E-state index contributed by atoms with van der Waals surface area (Å²) in [6, 6.07) is 8.15. The molecule has 1 aromatic carbocycles. The van der Waals surface area contributed by atoms with E-state index in [9.17, 15) is 4.79 Å². The quantitative estimate of drug-likeness (QED) is 0.590. The van der Waals surface area contributed by atoms with Crippen molar-refractivity contribution in [3.63, 3.8) is 0 Å². The van der Waals surface area contributed by atoms with Crippen molar-refractivity contribution in [1.82, 2.24) is 14.9 Å². The third-order valence-electron chi connectivity index (χ3n) is 5.30. The summed E-state index contributed by atoms with van der Waals surface area (Å²) in [5.41, 5.74) is 2.15. The smallest absolute Gasteiger partial charge is 0.230 e. The van der Waals surface area contributed by atoms with Gasteiger partial charge in [0.25, 0.3) is 0 Å². The summed E-state index contributed by atoms with van der Waals surface area (Å²) in [4.78, 5) is 17.1. The summed E-state index contributed by atoms with van der Waals surface area (Å²) in [5.74, 6) is 1.56. The highest BCUT2D eigenvalue weighted by molar-refractivity contribution is 7.99. The minimum Gasteiger partial charge on any atom is -0.352 e. The minimum absolute atomic E-state index is 0.107. The molecule has 0 saturated heterocycles. The van der Waals surface area contributed by atoms with Gasteiger partial charge in [0.05, 0.1) is 17.6 Å². The molecule has 1 N–H and O–H groups in total. The number of amides is 1. The molecule has 2 aromatic rings. The number of nitrogens with zero attached hydrogens (tertiary/aromatic N) is 2. The van der Waals surface area contributed by atoms with Crippen LogP contribution in [0.5, 0.6) is 0 Å². The summed E-state index contributed by atoms with van der Waals surface area (Å²) in [7, 11) is 0. The molecule has 0 radical (unpaired) electrons. The molecule has 0 bridgehead atoms. The second-order valence-corrected chi connectivity index (χ2v) is 9.54. The summed E-state index contributed by atoms with van der Waals surface area (Å²) in [5, 5.41) is 4.85. The molecule has 0 unspecified atom stereocenters. The molecule has 1 fully saturated rings. The number of hydrogen-bond donors (Lipinski definition) is 1. The maximum atomic E-state index is 12.5. The van der Waals surface area contributed by atoms with E-state index in [1.807, 2.05) is 30.5 Å². The molecular formula is C22H30ClN3OS. The fourth-order valence-electron chi connectivity index (χ4n) is 3.78. The molecular weight excluding hydrogens is 390 g/mol. The number of carbonyl (C=O) groups is 1. The van der Waals surface area contributed by atoms with E-state index in [0.29, 0.717) is 23.6 Å². The van der Waals surface area contributed by atoms with Crippen LogP contribution < -0.4 is 5.32 Å². The Morgan fingerprint density at radius 3 is 2.68 bits per heavy atom. The molecule has 4 nitrogen and oxygen atoms in total. The van der Waals surface area contributed by atoms with Gasteiger partial charge in [-0.1, -0.05) is 69.1 Å². The number of hydrogen-bond acceptors (Lipinski definition) is 3. The van der Waals surface area contributed by atoms with E-state index >= 15 is 0 Å². The minimum atomic E-state index is 0.107. The SMILES string of the molecule is CC(C)Cn1c(-c2ccc(Cl)cc2)cnc1SCC(=O)N[C@H]1CCCC[C@H]1C. The lowest BCUT2D eigenvalue weighted by molar-refractivity contribution is -0.119. The first-order chi connectivity index (χ1) is 13.4. The monoisotopic (exact) mass is 419 g/mol. The summed E-state index contributed by atoms with van der Waals surface area (Å²) in [6.45, 7) is 7.49. The first-order valence-corrected chi connectivity index (χ1v) is 11.5. The summed E-state index contributed by atoms with van der Waals surface area (Å²) in [6.07, 6.45) is 6.70. The van der Waals surface area contributed by atoms with Crippen LogP contribution >= 0.6 is 23.4 Å². The van der Waals surface area contributed by atoms with Crippen LogP contribution in [0.25, 0.3) is 11.3 Å². The van der Waals surface area contributed by atoms with Gasteiger partial charge in [-0.05, 0) is 42.4 Å². The lowest BCUT2D eigenvalue weighted by Gasteiger charge is -2.29. The molecule has 1 aliphatic rings. The van der Waals surface area contributed by atoms with Crippen LogP contribution in [0.3, 0.4) is 0 Å². The topological polar surface area (TPSA) is 46.9 Å². The van der Waals surface area contributed by atoms with Gasteiger partial charge in [0.1, 0.15) is 0 Å². The van der Waals surface area contributed by atoms with Crippen LogP contribution in [-0.2, 0) is 11.3 Å². The Morgan fingerprint density at radius 2 is 2.00 bits per heavy atom. The third-order valence-corrected chi connectivity index (χ3v) is 6.54. The molecule has 6 heteroatoms. The number of carbonyl (C=O) groups excluding carboxylic acids is 1. The zero-order valence-electron chi connectivity index (χ0n) is 17.0. The highest BCUT2D eigenvalue weighted by Crippen LogP contribution is 2.28.